The fraction of sp³-hybridized carbons (Fsp3) is 0.417. The Hall–Kier alpha value is -1.73. The number of anilines is 2. The quantitative estimate of drug-likeness (QED) is 0.881. The summed E-state index contributed by atoms with van der Waals surface area (Å²) in [5.74, 6) is 1.03. The molecule has 7 heteroatoms. The Kier molecular flexibility index (Phi) is 3.31. The van der Waals surface area contributed by atoms with Gasteiger partial charge in [0.2, 0.25) is 11.9 Å². The van der Waals surface area contributed by atoms with Crippen molar-refractivity contribution in [2.24, 2.45) is 0 Å². The first kappa shape index (κ1) is 12.3. The Labute approximate surface area is 115 Å². The third kappa shape index (κ3) is 2.66. The second kappa shape index (κ2) is 5.10. The number of thiophene rings is 1. The van der Waals surface area contributed by atoms with Crippen molar-refractivity contribution in [3.8, 4) is 0 Å². The van der Waals surface area contributed by atoms with Crippen LogP contribution in [0, 0.1) is 0 Å². The monoisotopic (exact) mass is 276 g/mol. The molecule has 3 rings (SSSR count). The highest BCUT2D eigenvalue weighted by Crippen LogP contribution is 2.35. The van der Waals surface area contributed by atoms with Gasteiger partial charge in [-0.2, -0.15) is 15.0 Å². The molecular formula is C12H16N6S. The van der Waals surface area contributed by atoms with Gasteiger partial charge in [0.05, 0.1) is 6.54 Å². The average molecular weight is 276 g/mol. The maximum absolute atomic E-state index is 5.60. The molecule has 4 N–H and O–H groups in total. The lowest BCUT2D eigenvalue weighted by molar-refractivity contribution is 0.245. The molecule has 100 valence electrons. The van der Waals surface area contributed by atoms with E-state index in [0.717, 1.165) is 6.54 Å². The van der Waals surface area contributed by atoms with Gasteiger partial charge in [0.15, 0.2) is 0 Å². The third-order valence-corrected chi connectivity index (χ3v) is 4.27. The van der Waals surface area contributed by atoms with Gasteiger partial charge in [-0.05, 0) is 30.8 Å². The van der Waals surface area contributed by atoms with Gasteiger partial charge in [0, 0.05) is 10.9 Å². The van der Waals surface area contributed by atoms with Crippen LogP contribution in [0.1, 0.15) is 29.6 Å². The number of hydrogen-bond acceptors (Lipinski definition) is 7. The number of rotatable bonds is 3. The topological polar surface area (TPSA) is 93.9 Å². The lowest BCUT2D eigenvalue weighted by Crippen LogP contribution is -2.24. The predicted molar refractivity (Wildman–Crippen MR) is 75.4 cm³/mol. The summed E-state index contributed by atoms with van der Waals surface area (Å²) in [6.45, 7) is 1.72. The van der Waals surface area contributed by atoms with E-state index >= 15 is 0 Å². The highest BCUT2D eigenvalue weighted by molar-refractivity contribution is 7.10. The minimum Gasteiger partial charge on any atom is -0.368 e. The molecule has 1 aliphatic rings. The van der Waals surface area contributed by atoms with Gasteiger partial charge in [-0.15, -0.1) is 11.3 Å². The van der Waals surface area contributed by atoms with E-state index in [4.69, 9.17) is 11.5 Å². The molecule has 1 aliphatic heterocycles. The van der Waals surface area contributed by atoms with Crippen LogP contribution in [0.15, 0.2) is 17.5 Å². The van der Waals surface area contributed by atoms with Crippen LogP contribution in [-0.2, 0) is 6.54 Å². The maximum atomic E-state index is 5.60. The largest absolute Gasteiger partial charge is 0.368 e. The molecule has 0 unspecified atom stereocenters. The molecule has 0 amide bonds. The highest BCUT2D eigenvalue weighted by Gasteiger charge is 2.27. The highest BCUT2D eigenvalue weighted by atomic mass is 32.1. The van der Waals surface area contributed by atoms with Gasteiger partial charge in [-0.25, -0.2) is 0 Å². The van der Waals surface area contributed by atoms with Crippen molar-refractivity contribution in [1.29, 1.82) is 0 Å². The van der Waals surface area contributed by atoms with Crippen LogP contribution in [0.3, 0.4) is 0 Å². The second-order valence-electron chi connectivity index (χ2n) is 4.61. The van der Waals surface area contributed by atoms with E-state index in [0.29, 0.717) is 18.4 Å². The lowest BCUT2D eigenvalue weighted by atomic mass is 10.2. The predicted octanol–water partition coefficient (Wildman–Crippen LogP) is 1.43. The van der Waals surface area contributed by atoms with Crippen molar-refractivity contribution in [2.45, 2.75) is 25.4 Å². The van der Waals surface area contributed by atoms with Crippen molar-refractivity contribution in [2.75, 3.05) is 18.0 Å². The van der Waals surface area contributed by atoms with Crippen molar-refractivity contribution in [3.05, 3.63) is 28.2 Å². The van der Waals surface area contributed by atoms with Gasteiger partial charge in [0.25, 0.3) is 0 Å². The minimum atomic E-state index is 0.189. The van der Waals surface area contributed by atoms with Crippen molar-refractivity contribution in [1.82, 2.24) is 19.9 Å². The first-order valence-corrected chi connectivity index (χ1v) is 7.13. The van der Waals surface area contributed by atoms with Crippen LogP contribution in [-0.4, -0.2) is 26.4 Å². The van der Waals surface area contributed by atoms with Crippen LogP contribution in [0.4, 0.5) is 11.9 Å². The van der Waals surface area contributed by atoms with Crippen molar-refractivity contribution >= 4 is 23.2 Å². The molecule has 6 nitrogen and oxygen atoms in total. The van der Waals surface area contributed by atoms with E-state index in [1.54, 1.807) is 11.3 Å². The summed E-state index contributed by atoms with van der Waals surface area (Å²) in [5, 5.41) is 2.12. The van der Waals surface area contributed by atoms with Crippen LogP contribution in [0.5, 0.6) is 0 Å². The summed E-state index contributed by atoms with van der Waals surface area (Å²) in [4.78, 5) is 15.9. The van der Waals surface area contributed by atoms with Crippen LogP contribution in [0.25, 0.3) is 0 Å². The second-order valence-corrected chi connectivity index (χ2v) is 5.59. The molecule has 2 aromatic heterocycles. The fourth-order valence-corrected chi connectivity index (χ4v) is 3.42. The minimum absolute atomic E-state index is 0.189. The first-order valence-electron chi connectivity index (χ1n) is 6.26. The van der Waals surface area contributed by atoms with Gasteiger partial charge in [0.1, 0.15) is 5.82 Å². The standard InChI is InChI=1S/C12H16N6S/c13-11-15-10(16-12(14)17-11)7-18-5-1-3-8(18)9-4-2-6-19-9/h2,4,6,8H,1,3,5,7H2,(H4,13,14,15,16,17)/t8-/m1/s1. The number of nitrogen functional groups attached to an aromatic ring is 2. The number of nitrogens with two attached hydrogens (primary N) is 2. The Balaban J connectivity index is 1.78. The zero-order valence-electron chi connectivity index (χ0n) is 10.5. The number of nitrogens with zero attached hydrogens (tertiary/aromatic N) is 4. The Morgan fingerprint density at radius 2 is 2.05 bits per heavy atom. The fourth-order valence-electron chi connectivity index (χ4n) is 2.53. The molecule has 19 heavy (non-hydrogen) atoms. The summed E-state index contributed by atoms with van der Waals surface area (Å²) in [6, 6.07) is 4.73. The smallest absolute Gasteiger partial charge is 0.225 e. The van der Waals surface area contributed by atoms with E-state index in [2.05, 4.69) is 37.4 Å². The first-order chi connectivity index (χ1) is 9.22. The molecule has 0 bridgehead atoms. The molecule has 3 heterocycles. The molecule has 1 fully saturated rings. The molecule has 1 saturated heterocycles. The zero-order valence-corrected chi connectivity index (χ0v) is 11.3. The molecule has 0 saturated carbocycles. The van der Waals surface area contributed by atoms with Crippen LogP contribution >= 0.6 is 11.3 Å². The third-order valence-electron chi connectivity index (χ3n) is 3.30. The maximum Gasteiger partial charge on any atom is 0.225 e. The van der Waals surface area contributed by atoms with Gasteiger partial charge in [-0.3, -0.25) is 4.90 Å². The van der Waals surface area contributed by atoms with Crippen LogP contribution in [0.2, 0.25) is 0 Å². The molecule has 0 spiro atoms. The molecule has 0 aromatic carbocycles. The molecule has 1 atom stereocenters. The Morgan fingerprint density at radius 1 is 1.26 bits per heavy atom. The SMILES string of the molecule is Nc1nc(N)nc(CN2CCC[C@@H]2c2cccs2)n1. The van der Waals surface area contributed by atoms with Gasteiger partial charge >= 0.3 is 0 Å². The van der Waals surface area contributed by atoms with E-state index in [9.17, 15) is 0 Å². The number of hydrogen-bond donors (Lipinski definition) is 2. The summed E-state index contributed by atoms with van der Waals surface area (Å²) in [5.41, 5.74) is 11.2. The normalized spacial score (nSPS) is 19.9. The van der Waals surface area contributed by atoms with E-state index in [-0.39, 0.29) is 11.9 Å². The number of aromatic nitrogens is 3. The number of likely N-dealkylation sites (tertiary alicyclic amines) is 1. The van der Waals surface area contributed by atoms with E-state index < -0.39 is 0 Å². The average Bonchev–Trinajstić information content (AvgIpc) is 2.96. The summed E-state index contributed by atoms with van der Waals surface area (Å²) < 4.78 is 0. The van der Waals surface area contributed by atoms with E-state index in [1.807, 2.05) is 0 Å². The summed E-state index contributed by atoms with van der Waals surface area (Å²) in [7, 11) is 0. The van der Waals surface area contributed by atoms with Crippen molar-refractivity contribution < 1.29 is 0 Å². The summed E-state index contributed by atoms with van der Waals surface area (Å²) >= 11 is 1.80. The van der Waals surface area contributed by atoms with Crippen LogP contribution < -0.4 is 11.5 Å². The zero-order chi connectivity index (χ0) is 13.2. The summed E-state index contributed by atoms with van der Waals surface area (Å²) in [6.07, 6.45) is 2.37. The Morgan fingerprint density at radius 3 is 2.74 bits per heavy atom. The molecule has 0 aliphatic carbocycles. The van der Waals surface area contributed by atoms with Gasteiger partial charge in [-0.1, -0.05) is 6.07 Å². The lowest BCUT2D eigenvalue weighted by Gasteiger charge is -2.22. The van der Waals surface area contributed by atoms with Crippen molar-refractivity contribution in [3.63, 3.8) is 0 Å². The Bertz CT molecular complexity index is 535. The van der Waals surface area contributed by atoms with Gasteiger partial charge < -0.3 is 11.5 Å². The molecule has 0 radical (unpaired) electrons. The molecular weight excluding hydrogens is 260 g/mol. The van der Waals surface area contributed by atoms with E-state index in [1.165, 1.54) is 17.7 Å². The molecule has 2 aromatic rings.